The van der Waals surface area contributed by atoms with E-state index >= 15 is 0 Å². The zero-order chi connectivity index (χ0) is 26.0. The molecule has 182 valence electrons. The first kappa shape index (κ1) is 23.8. The van der Waals surface area contributed by atoms with Crippen molar-refractivity contribution in [2.45, 2.75) is 11.8 Å². The number of benzene rings is 2. The van der Waals surface area contributed by atoms with Gasteiger partial charge in [-0.3, -0.25) is 9.55 Å². The normalized spacial score (nSPS) is 11.6. The summed E-state index contributed by atoms with van der Waals surface area (Å²) in [6.07, 6.45) is 5.76. The summed E-state index contributed by atoms with van der Waals surface area (Å²) in [7, 11) is -3.38. The summed E-state index contributed by atoms with van der Waals surface area (Å²) < 4.78 is 31.3. The van der Waals surface area contributed by atoms with Crippen LogP contribution in [0, 0.1) is 18.3 Å². The van der Waals surface area contributed by atoms with Crippen molar-refractivity contribution in [3.8, 4) is 34.7 Å². The molecule has 0 fully saturated rings. The minimum Gasteiger partial charge on any atom is -0.417 e. The van der Waals surface area contributed by atoms with Crippen molar-refractivity contribution in [1.29, 1.82) is 5.26 Å². The van der Waals surface area contributed by atoms with Crippen LogP contribution in [0.15, 0.2) is 76.2 Å². The maximum Gasteiger partial charge on any atom is 0.248 e. The quantitative estimate of drug-likeness (QED) is 0.330. The lowest BCUT2D eigenvalue weighted by molar-refractivity contribution is 0.558. The summed E-state index contributed by atoms with van der Waals surface area (Å²) in [6.45, 7) is 1.97. The number of aryl methyl sites for hydroxylation is 1. The molecule has 11 heteroatoms. The lowest BCUT2D eigenvalue weighted by Gasteiger charge is -2.11. The second-order valence-corrected chi connectivity index (χ2v) is 10.1. The van der Waals surface area contributed by atoms with Crippen LogP contribution in [0.25, 0.3) is 40.8 Å². The van der Waals surface area contributed by atoms with Crippen molar-refractivity contribution < 1.29 is 12.8 Å². The van der Waals surface area contributed by atoms with E-state index in [4.69, 9.17) is 9.68 Å². The largest absolute Gasteiger partial charge is 0.417 e. The molecule has 0 bridgehead atoms. The van der Waals surface area contributed by atoms with Crippen LogP contribution >= 0.6 is 0 Å². The number of rotatable bonds is 6. The number of hydrogen-bond donors (Lipinski definition) is 0. The summed E-state index contributed by atoms with van der Waals surface area (Å²) in [4.78, 5) is 4.44. The van der Waals surface area contributed by atoms with E-state index in [1.165, 1.54) is 12.3 Å². The average Bonchev–Trinajstić information content (AvgIpc) is 3.55. The molecule has 3 heterocycles. The number of sulfone groups is 1. The van der Waals surface area contributed by atoms with E-state index in [2.05, 4.69) is 31.4 Å². The molecule has 0 aliphatic heterocycles. The van der Waals surface area contributed by atoms with Crippen LogP contribution in [0.2, 0.25) is 0 Å². The van der Waals surface area contributed by atoms with E-state index in [1.807, 2.05) is 35.8 Å². The Kier molecular flexibility index (Phi) is 6.17. The van der Waals surface area contributed by atoms with Crippen LogP contribution in [0.1, 0.15) is 22.8 Å². The topological polar surface area (TPSA) is 140 Å². The van der Waals surface area contributed by atoms with E-state index in [0.717, 1.165) is 17.5 Å². The number of hydrogen-bond acceptors (Lipinski definition) is 9. The molecular weight excluding hydrogens is 490 g/mol. The molecular formula is C26H19N7O3S. The van der Waals surface area contributed by atoms with Crippen LogP contribution in [0.5, 0.6) is 0 Å². The molecule has 0 atom stereocenters. The van der Waals surface area contributed by atoms with E-state index in [9.17, 15) is 8.42 Å². The molecule has 0 saturated heterocycles. The number of aromatic nitrogens is 6. The van der Waals surface area contributed by atoms with Crippen molar-refractivity contribution in [1.82, 2.24) is 29.9 Å². The predicted molar refractivity (Wildman–Crippen MR) is 136 cm³/mol. The summed E-state index contributed by atoms with van der Waals surface area (Å²) in [5.74, 6) is 1.51. The second-order valence-electron chi connectivity index (χ2n) is 8.12. The van der Waals surface area contributed by atoms with Crippen molar-refractivity contribution in [3.63, 3.8) is 0 Å². The Morgan fingerprint density at radius 1 is 0.946 bits per heavy atom. The van der Waals surface area contributed by atoms with E-state index < -0.39 is 9.84 Å². The number of nitrogens with zero attached hydrogens (tertiary/aromatic N) is 7. The molecule has 5 aromatic rings. The molecule has 37 heavy (non-hydrogen) atoms. The lowest BCUT2D eigenvalue weighted by Crippen LogP contribution is -2.04. The molecule has 0 unspecified atom stereocenters. The third-order valence-electron chi connectivity index (χ3n) is 5.51. The molecule has 0 saturated carbocycles. The first-order valence-electron chi connectivity index (χ1n) is 11.0. The van der Waals surface area contributed by atoms with E-state index in [1.54, 1.807) is 42.5 Å². The maximum atomic E-state index is 11.8. The molecule has 0 radical (unpaired) electrons. The van der Waals surface area contributed by atoms with Gasteiger partial charge >= 0.3 is 0 Å². The minimum absolute atomic E-state index is 0.118. The molecule has 0 N–H and O–H groups in total. The Labute approximate surface area is 212 Å². The molecule has 0 aliphatic carbocycles. The summed E-state index contributed by atoms with van der Waals surface area (Å²) in [5.41, 5.74) is 3.51. The van der Waals surface area contributed by atoms with Gasteiger partial charge in [-0.25, -0.2) is 8.42 Å². The molecule has 3 aromatic heterocycles. The molecule has 2 aromatic carbocycles. The smallest absolute Gasteiger partial charge is 0.248 e. The van der Waals surface area contributed by atoms with Crippen LogP contribution in [-0.4, -0.2) is 44.6 Å². The van der Waals surface area contributed by atoms with Gasteiger partial charge in [-0.2, -0.15) is 5.26 Å². The summed E-state index contributed by atoms with van der Waals surface area (Å²) in [5, 5.41) is 25.8. The van der Waals surface area contributed by atoms with Gasteiger partial charge in [0.15, 0.2) is 21.5 Å². The van der Waals surface area contributed by atoms with Crippen molar-refractivity contribution in [2.75, 3.05) is 6.26 Å². The third kappa shape index (κ3) is 4.91. The zero-order valence-corrected chi connectivity index (χ0v) is 20.6. The molecule has 0 amide bonds. The number of nitriles is 1. The highest BCUT2D eigenvalue weighted by Gasteiger charge is 2.18. The monoisotopic (exact) mass is 509 g/mol. The Balaban J connectivity index is 1.52. The maximum absolute atomic E-state index is 11.8. The fraction of sp³-hybridized carbons (Fsp3) is 0.0769. The van der Waals surface area contributed by atoms with E-state index in [0.29, 0.717) is 34.4 Å². The fourth-order valence-electron chi connectivity index (χ4n) is 3.61. The number of para-hydroxylation sites is 1. The van der Waals surface area contributed by atoms with Crippen molar-refractivity contribution >= 4 is 22.0 Å². The highest BCUT2D eigenvalue weighted by Crippen LogP contribution is 2.26. The highest BCUT2D eigenvalue weighted by atomic mass is 32.2. The lowest BCUT2D eigenvalue weighted by atomic mass is 10.1. The Bertz CT molecular complexity index is 1760. The van der Waals surface area contributed by atoms with Gasteiger partial charge in [-0.15, -0.1) is 20.4 Å². The fourth-order valence-corrected chi connectivity index (χ4v) is 4.17. The van der Waals surface area contributed by atoms with Crippen LogP contribution in [0.4, 0.5) is 0 Å². The van der Waals surface area contributed by atoms with Crippen molar-refractivity contribution in [2.24, 2.45) is 0 Å². The highest BCUT2D eigenvalue weighted by molar-refractivity contribution is 7.90. The van der Waals surface area contributed by atoms with Gasteiger partial charge in [0.1, 0.15) is 5.69 Å². The van der Waals surface area contributed by atoms with Crippen LogP contribution < -0.4 is 0 Å². The second kappa shape index (κ2) is 9.60. The minimum atomic E-state index is -3.38. The standard InChI is InChI=1S/C26H19N7O3S/c1-17-5-3-4-6-22(17)33-23(29-31-25(33)21-12-11-20(16-28-21)37(2,34)35)13-14-24-30-32-26(36-24)19-9-7-18(15-27)8-10-19/h3-14,16H,1-2H3/b14-13+. The number of pyridine rings is 1. The SMILES string of the molecule is Cc1ccccc1-n1c(/C=C/c2nnc(-c3ccc(C#N)cc3)o2)nnc1-c1ccc(S(C)(=O)=O)cn1. The third-order valence-corrected chi connectivity index (χ3v) is 6.61. The van der Waals surface area contributed by atoms with Crippen LogP contribution in [-0.2, 0) is 9.84 Å². The Hall–Kier alpha value is -4.95. The zero-order valence-electron chi connectivity index (χ0n) is 19.8. The molecule has 5 rings (SSSR count). The summed E-state index contributed by atoms with van der Waals surface area (Å²) in [6, 6.07) is 19.7. The Morgan fingerprint density at radius 2 is 1.73 bits per heavy atom. The van der Waals surface area contributed by atoms with Crippen LogP contribution in [0.3, 0.4) is 0 Å². The summed E-state index contributed by atoms with van der Waals surface area (Å²) >= 11 is 0. The predicted octanol–water partition coefficient (Wildman–Crippen LogP) is 4.13. The van der Waals surface area contributed by atoms with Gasteiger partial charge in [0.2, 0.25) is 11.8 Å². The van der Waals surface area contributed by atoms with Gasteiger partial charge in [0, 0.05) is 24.1 Å². The van der Waals surface area contributed by atoms with Gasteiger partial charge < -0.3 is 4.42 Å². The van der Waals surface area contributed by atoms with Gasteiger partial charge in [0.25, 0.3) is 0 Å². The van der Waals surface area contributed by atoms with Gasteiger partial charge in [-0.05, 0) is 61.0 Å². The van der Waals surface area contributed by atoms with Gasteiger partial charge in [0.05, 0.1) is 22.2 Å². The Morgan fingerprint density at radius 3 is 2.41 bits per heavy atom. The first-order chi connectivity index (χ1) is 17.8. The van der Waals surface area contributed by atoms with E-state index in [-0.39, 0.29) is 10.8 Å². The average molecular weight is 510 g/mol. The first-order valence-corrected chi connectivity index (χ1v) is 12.9. The molecule has 0 spiro atoms. The molecule has 10 nitrogen and oxygen atoms in total. The molecule has 0 aliphatic rings. The van der Waals surface area contributed by atoms with Crippen molar-refractivity contribution in [3.05, 3.63) is 89.7 Å². The van der Waals surface area contributed by atoms with Gasteiger partial charge in [-0.1, -0.05) is 18.2 Å².